The third kappa shape index (κ3) is 5.40. The van der Waals surface area contributed by atoms with Crippen LogP contribution in [0.1, 0.15) is 41.6 Å². The van der Waals surface area contributed by atoms with Crippen LogP contribution in [-0.2, 0) is 11.3 Å². The molecule has 1 atom stereocenters. The molecule has 1 fully saturated rings. The van der Waals surface area contributed by atoms with Crippen LogP contribution in [0.15, 0.2) is 29.4 Å². The van der Waals surface area contributed by atoms with Gasteiger partial charge in [0.15, 0.2) is 11.0 Å². The summed E-state index contributed by atoms with van der Waals surface area (Å²) in [5.41, 5.74) is 1.72. The third-order valence-electron chi connectivity index (χ3n) is 5.29. The Kier molecular flexibility index (Phi) is 7.49. The summed E-state index contributed by atoms with van der Waals surface area (Å²) < 4.78 is 1.96. The molecule has 2 heterocycles. The van der Waals surface area contributed by atoms with Crippen LogP contribution >= 0.6 is 11.8 Å². The van der Waals surface area contributed by atoms with Crippen LogP contribution in [0, 0.1) is 6.92 Å². The van der Waals surface area contributed by atoms with Gasteiger partial charge < -0.3 is 19.7 Å². The Balaban J connectivity index is 1.61. The average molecular weight is 431 g/mol. The first kappa shape index (κ1) is 22.3. The molecule has 1 aromatic heterocycles. The van der Waals surface area contributed by atoms with Gasteiger partial charge in [0.2, 0.25) is 5.91 Å². The molecule has 1 aliphatic rings. The lowest BCUT2D eigenvalue weighted by Crippen LogP contribution is -2.47. The van der Waals surface area contributed by atoms with E-state index in [0.717, 1.165) is 31.7 Å². The standard InChI is InChI=1S/C21H30N6O2S/c1-5-27-19(16(3)22-20(29)17-8-6-15(2)7-9-17)23-24-21(27)30-14-18(28)26-12-10-25(4)11-13-26/h6-9,16H,5,10-14H2,1-4H3,(H,22,29). The highest BCUT2D eigenvalue weighted by Crippen LogP contribution is 2.21. The summed E-state index contributed by atoms with van der Waals surface area (Å²) in [7, 11) is 2.07. The van der Waals surface area contributed by atoms with Gasteiger partial charge in [0.1, 0.15) is 0 Å². The summed E-state index contributed by atoms with van der Waals surface area (Å²) in [6, 6.07) is 7.16. The Morgan fingerprint density at radius 1 is 1.13 bits per heavy atom. The van der Waals surface area contributed by atoms with Gasteiger partial charge in [0, 0.05) is 38.3 Å². The van der Waals surface area contributed by atoms with E-state index < -0.39 is 0 Å². The summed E-state index contributed by atoms with van der Waals surface area (Å²) in [6.07, 6.45) is 0. The molecule has 9 heteroatoms. The number of aryl methyl sites for hydroxylation is 1. The minimum absolute atomic E-state index is 0.126. The minimum Gasteiger partial charge on any atom is -0.342 e. The highest BCUT2D eigenvalue weighted by atomic mass is 32.2. The lowest BCUT2D eigenvalue weighted by Gasteiger charge is -2.32. The molecule has 1 unspecified atom stereocenters. The smallest absolute Gasteiger partial charge is 0.251 e. The van der Waals surface area contributed by atoms with Crippen molar-refractivity contribution in [3.8, 4) is 0 Å². The molecular formula is C21H30N6O2S. The molecule has 8 nitrogen and oxygen atoms in total. The van der Waals surface area contributed by atoms with Gasteiger partial charge in [0.05, 0.1) is 11.8 Å². The van der Waals surface area contributed by atoms with Crippen molar-refractivity contribution >= 4 is 23.6 Å². The van der Waals surface area contributed by atoms with Gasteiger partial charge >= 0.3 is 0 Å². The maximum atomic E-state index is 12.5. The molecule has 3 rings (SSSR count). The molecule has 1 N–H and O–H groups in total. The summed E-state index contributed by atoms with van der Waals surface area (Å²) in [5.74, 6) is 1.01. The number of carbonyl (C=O) groups is 2. The number of aromatic nitrogens is 3. The number of hydrogen-bond acceptors (Lipinski definition) is 6. The van der Waals surface area contributed by atoms with Crippen LogP contribution < -0.4 is 5.32 Å². The Bertz CT molecular complexity index is 874. The van der Waals surface area contributed by atoms with Crippen LogP contribution in [0.3, 0.4) is 0 Å². The molecule has 1 saturated heterocycles. The average Bonchev–Trinajstić information content (AvgIpc) is 3.16. The number of piperazine rings is 1. The summed E-state index contributed by atoms with van der Waals surface area (Å²) >= 11 is 1.40. The molecule has 0 aliphatic carbocycles. The SMILES string of the molecule is CCn1c(SCC(=O)N2CCN(C)CC2)nnc1C(C)NC(=O)c1ccc(C)cc1. The Morgan fingerprint density at radius 2 is 1.80 bits per heavy atom. The first-order valence-corrected chi connectivity index (χ1v) is 11.3. The first-order chi connectivity index (χ1) is 14.4. The monoisotopic (exact) mass is 430 g/mol. The zero-order valence-electron chi connectivity index (χ0n) is 18.1. The van der Waals surface area contributed by atoms with Crippen LogP contribution in [0.25, 0.3) is 0 Å². The zero-order valence-corrected chi connectivity index (χ0v) is 18.9. The molecule has 2 amide bonds. The number of hydrogen-bond donors (Lipinski definition) is 1. The van der Waals surface area contributed by atoms with E-state index in [0.29, 0.717) is 28.8 Å². The molecule has 0 spiro atoms. The Labute approximate surface area is 182 Å². The Morgan fingerprint density at radius 3 is 2.43 bits per heavy atom. The molecule has 0 radical (unpaired) electrons. The fourth-order valence-corrected chi connectivity index (χ4v) is 4.26. The van der Waals surface area contributed by atoms with E-state index in [4.69, 9.17) is 0 Å². The molecule has 0 saturated carbocycles. The van der Waals surface area contributed by atoms with E-state index in [1.165, 1.54) is 11.8 Å². The first-order valence-electron chi connectivity index (χ1n) is 10.3. The van der Waals surface area contributed by atoms with Crippen molar-refractivity contribution in [1.82, 2.24) is 29.9 Å². The lowest BCUT2D eigenvalue weighted by atomic mass is 10.1. The van der Waals surface area contributed by atoms with Gasteiger partial charge in [0.25, 0.3) is 5.91 Å². The fraction of sp³-hybridized carbons (Fsp3) is 0.524. The summed E-state index contributed by atoms with van der Waals surface area (Å²) in [6.45, 7) is 9.90. The van der Waals surface area contributed by atoms with Crippen LogP contribution in [-0.4, -0.2) is 75.4 Å². The van der Waals surface area contributed by atoms with E-state index >= 15 is 0 Å². The van der Waals surface area contributed by atoms with Gasteiger partial charge in [-0.2, -0.15) is 0 Å². The predicted molar refractivity (Wildman–Crippen MR) is 118 cm³/mol. The van der Waals surface area contributed by atoms with Gasteiger partial charge in [-0.1, -0.05) is 29.5 Å². The summed E-state index contributed by atoms with van der Waals surface area (Å²) in [5, 5.41) is 12.3. The van der Waals surface area contributed by atoms with Crippen LogP contribution in [0.5, 0.6) is 0 Å². The van der Waals surface area contributed by atoms with Crippen molar-refractivity contribution in [1.29, 1.82) is 0 Å². The molecule has 0 bridgehead atoms. The van der Waals surface area contributed by atoms with Gasteiger partial charge in [-0.15, -0.1) is 10.2 Å². The van der Waals surface area contributed by atoms with Gasteiger partial charge in [-0.25, -0.2) is 0 Å². The fourth-order valence-electron chi connectivity index (χ4n) is 3.35. The zero-order chi connectivity index (χ0) is 21.7. The van der Waals surface area contributed by atoms with Crippen molar-refractivity contribution in [2.24, 2.45) is 0 Å². The highest BCUT2D eigenvalue weighted by Gasteiger charge is 2.22. The predicted octanol–water partition coefficient (Wildman–Crippen LogP) is 1.96. The number of rotatable bonds is 7. The molecule has 1 aromatic carbocycles. The van der Waals surface area contributed by atoms with E-state index in [1.807, 2.05) is 54.5 Å². The minimum atomic E-state index is -0.297. The number of amides is 2. The quantitative estimate of drug-likeness (QED) is 0.676. The van der Waals surface area contributed by atoms with Crippen molar-refractivity contribution in [3.05, 3.63) is 41.2 Å². The molecule has 162 valence electrons. The Hall–Kier alpha value is -2.39. The van der Waals surface area contributed by atoms with E-state index in [9.17, 15) is 9.59 Å². The second-order valence-electron chi connectivity index (χ2n) is 7.62. The second kappa shape index (κ2) is 10.1. The number of thioether (sulfide) groups is 1. The number of carbonyl (C=O) groups excluding carboxylic acids is 2. The number of benzene rings is 1. The summed E-state index contributed by atoms with van der Waals surface area (Å²) in [4.78, 5) is 29.2. The molecule has 2 aromatic rings. The molecule has 30 heavy (non-hydrogen) atoms. The molecular weight excluding hydrogens is 400 g/mol. The second-order valence-corrected chi connectivity index (χ2v) is 8.56. The maximum absolute atomic E-state index is 12.5. The normalized spacial score (nSPS) is 15.8. The van der Waals surface area contributed by atoms with Crippen molar-refractivity contribution in [3.63, 3.8) is 0 Å². The van der Waals surface area contributed by atoms with Crippen LogP contribution in [0.2, 0.25) is 0 Å². The van der Waals surface area contributed by atoms with E-state index in [-0.39, 0.29) is 17.9 Å². The largest absolute Gasteiger partial charge is 0.342 e. The number of likely N-dealkylation sites (N-methyl/N-ethyl adjacent to an activating group) is 1. The van der Waals surface area contributed by atoms with Crippen molar-refractivity contribution in [2.45, 2.75) is 38.5 Å². The lowest BCUT2D eigenvalue weighted by molar-refractivity contribution is -0.129. The van der Waals surface area contributed by atoms with Gasteiger partial charge in [-0.3, -0.25) is 9.59 Å². The maximum Gasteiger partial charge on any atom is 0.251 e. The van der Waals surface area contributed by atoms with E-state index in [2.05, 4.69) is 27.5 Å². The highest BCUT2D eigenvalue weighted by molar-refractivity contribution is 7.99. The molecule has 1 aliphatic heterocycles. The third-order valence-corrected chi connectivity index (χ3v) is 6.24. The van der Waals surface area contributed by atoms with Crippen LogP contribution in [0.4, 0.5) is 0 Å². The number of nitrogens with zero attached hydrogens (tertiary/aromatic N) is 5. The number of nitrogens with one attached hydrogen (secondary N) is 1. The van der Waals surface area contributed by atoms with Crippen molar-refractivity contribution < 1.29 is 9.59 Å². The van der Waals surface area contributed by atoms with Crippen molar-refractivity contribution in [2.75, 3.05) is 39.0 Å². The topological polar surface area (TPSA) is 83.4 Å². The van der Waals surface area contributed by atoms with Gasteiger partial charge in [-0.05, 0) is 40.0 Å². The van der Waals surface area contributed by atoms with E-state index in [1.54, 1.807) is 0 Å².